The zero-order chi connectivity index (χ0) is 14.8. The van der Waals surface area contributed by atoms with Gasteiger partial charge in [0.15, 0.2) is 0 Å². The van der Waals surface area contributed by atoms with E-state index in [-0.39, 0.29) is 0 Å². The molecule has 0 amide bonds. The average Bonchev–Trinajstić information content (AvgIpc) is 3.34. The number of hydrazine groups is 1. The van der Waals surface area contributed by atoms with Gasteiger partial charge in [-0.1, -0.05) is 6.92 Å². The Labute approximate surface area is 126 Å². The van der Waals surface area contributed by atoms with Crippen LogP contribution in [0.3, 0.4) is 0 Å². The van der Waals surface area contributed by atoms with Gasteiger partial charge in [-0.25, -0.2) is 15.8 Å². The molecule has 1 aliphatic heterocycles. The highest BCUT2D eigenvalue weighted by Crippen LogP contribution is 2.39. The van der Waals surface area contributed by atoms with Gasteiger partial charge in [-0.3, -0.25) is 0 Å². The molecule has 2 fully saturated rings. The fourth-order valence-corrected chi connectivity index (χ4v) is 2.99. The first-order valence-electron chi connectivity index (χ1n) is 8.05. The molecular formula is C15H26N6. The van der Waals surface area contributed by atoms with Crippen LogP contribution in [0.2, 0.25) is 0 Å². The normalized spacial score (nSPS) is 23.1. The standard InChI is InChI=1S/C15H26N6/c1-3-21-8-4-5-12(9-21)17-13-10(2)14(20-16)19-15(18-13)11-6-7-11/h11-12H,3-9,16H2,1-2H3,(H2,17,18,19,20). The van der Waals surface area contributed by atoms with Crippen molar-refractivity contribution in [3.8, 4) is 0 Å². The number of anilines is 2. The molecule has 6 heteroatoms. The Hall–Kier alpha value is -1.40. The average molecular weight is 290 g/mol. The predicted octanol–water partition coefficient (Wildman–Crippen LogP) is 1.84. The second-order valence-corrected chi connectivity index (χ2v) is 6.20. The zero-order valence-corrected chi connectivity index (χ0v) is 13.0. The van der Waals surface area contributed by atoms with E-state index in [0.29, 0.717) is 12.0 Å². The van der Waals surface area contributed by atoms with Crippen LogP contribution in [0.25, 0.3) is 0 Å². The number of nitrogen functional groups attached to an aromatic ring is 1. The van der Waals surface area contributed by atoms with E-state index in [1.54, 1.807) is 0 Å². The summed E-state index contributed by atoms with van der Waals surface area (Å²) in [7, 11) is 0. The highest BCUT2D eigenvalue weighted by molar-refractivity contribution is 5.57. The molecule has 1 unspecified atom stereocenters. The van der Waals surface area contributed by atoms with Gasteiger partial charge in [-0.15, -0.1) is 0 Å². The summed E-state index contributed by atoms with van der Waals surface area (Å²) >= 11 is 0. The summed E-state index contributed by atoms with van der Waals surface area (Å²) in [6, 6.07) is 0.463. The fourth-order valence-electron chi connectivity index (χ4n) is 2.99. The van der Waals surface area contributed by atoms with E-state index in [1.807, 2.05) is 6.92 Å². The molecule has 2 heterocycles. The molecule has 0 radical (unpaired) electrons. The van der Waals surface area contributed by atoms with E-state index >= 15 is 0 Å². The molecule has 1 aromatic rings. The van der Waals surface area contributed by atoms with Crippen molar-refractivity contribution in [3.63, 3.8) is 0 Å². The van der Waals surface area contributed by atoms with Crippen molar-refractivity contribution in [2.24, 2.45) is 5.84 Å². The summed E-state index contributed by atoms with van der Waals surface area (Å²) in [6.45, 7) is 7.66. The van der Waals surface area contributed by atoms with Crippen LogP contribution in [-0.4, -0.2) is 40.5 Å². The summed E-state index contributed by atoms with van der Waals surface area (Å²) < 4.78 is 0. The molecule has 3 rings (SSSR count). The van der Waals surface area contributed by atoms with Crippen LogP contribution in [-0.2, 0) is 0 Å². The number of hydrogen-bond donors (Lipinski definition) is 3. The van der Waals surface area contributed by atoms with Gasteiger partial charge in [-0.2, -0.15) is 0 Å². The first kappa shape index (κ1) is 14.5. The van der Waals surface area contributed by atoms with Crippen LogP contribution < -0.4 is 16.6 Å². The minimum absolute atomic E-state index is 0.463. The molecule has 1 saturated heterocycles. The third kappa shape index (κ3) is 3.27. The molecule has 0 aromatic carbocycles. The highest BCUT2D eigenvalue weighted by atomic mass is 15.3. The van der Waals surface area contributed by atoms with Crippen molar-refractivity contribution < 1.29 is 0 Å². The topological polar surface area (TPSA) is 79.1 Å². The number of nitrogens with two attached hydrogens (primary N) is 1. The summed E-state index contributed by atoms with van der Waals surface area (Å²) in [5.74, 6) is 8.76. The maximum Gasteiger partial charge on any atom is 0.148 e. The van der Waals surface area contributed by atoms with E-state index in [2.05, 4.69) is 27.6 Å². The van der Waals surface area contributed by atoms with Crippen molar-refractivity contribution in [3.05, 3.63) is 11.4 Å². The molecule has 1 aromatic heterocycles. The maximum atomic E-state index is 5.61. The lowest BCUT2D eigenvalue weighted by Crippen LogP contribution is -2.42. The lowest BCUT2D eigenvalue weighted by Gasteiger charge is -2.33. The van der Waals surface area contributed by atoms with Gasteiger partial charge in [0, 0.05) is 24.1 Å². The summed E-state index contributed by atoms with van der Waals surface area (Å²) in [4.78, 5) is 11.8. The monoisotopic (exact) mass is 290 g/mol. The second kappa shape index (κ2) is 6.15. The quantitative estimate of drug-likeness (QED) is 0.567. The number of likely N-dealkylation sites (N-methyl/N-ethyl adjacent to an activating group) is 1. The number of aromatic nitrogens is 2. The molecule has 1 atom stereocenters. The van der Waals surface area contributed by atoms with Gasteiger partial charge >= 0.3 is 0 Å². The smallest absolute Gasteiger partial charge is 0.148 e. The molecule has 1 saturated carbocycles. The Balaban J connectivity index is 1.78. The summed E-state index contributed by atoms with van der Waals surface area (Å²) in [5, 5.41) is 3.62. The van der Waals surface area contributed by atoms with E-state index in [1.165, 1.54) is 32.2 Å². The third-order valence-electron chi connectivity index (χ3n) is 4.54. The highest BCUT2D eigenvalue weighted by Gasteiger charge is 2.29. The van der Waals surface area contributed by atoms with Gasteiger partial charge in [-0.05, 0) is 45.7 Å². The first-order valence-corrected chi connectivity index (χ1v) is 8.05. The Morgan fingerprint density at radius 1 is 1.24 bits per heavy atom. The Bertz CT molecular complexity index is 499. The number of nitrogens with one attached hydrogen (secondary N) is 2. The van der Waals surface area contributed by atoms with Crippen LogP contribution in [0.4, 0.5) is 11.6 Å². The number of rotatable bonds is 5. The van der Waals surface area contributed by atoms with Crippen molar-refractivity contribution >= 4 is 11.6 Å². The molecular weight excluding hydrogens is 264 g/mol. The SMILES string of the molecule is CCN1CCCC(Nc2nc(C3CC3)nc(NN)c2C)C1. The van der Waals surface area contributed by atoms with Crippen LogP contribution in [0, 0.1) is 6.92 Å². The number of piperidine rings is 1. The van der Waals surface area contributed by atoms with Crippen LogP contribution in [0.15, 0.2) is 0 Å². The minimum Gasteiger partial charge on any atom is -0.366 e. The van der Waals surface area contributed by atoms with Crippen molar-refractivity contribution in [2.75, 3.05) is 30.4 Å². The molecule has 1 aliphatic carbocycles. The fraction of sp³-hybridized carbons (Fsp3) is 0.733. The van der Waals surface area contributed by atoms with Gasteiger partial charge in [0.2, 0.25) is 0 Å². The van der Waals surface area contributed by atoms with E-state index in [0.717, 1.165) is 36.1 Å². The number of hydrogen-bond acceptors (Lipinski definition) is 6. The van der Waals surface area contributed by atoms with E-state index < -0.39 is 0 Å². The van der Waals surface area contributed by atoms with Crippen molar-refractivity contribution in [1.29, 1.82) is 0 Å². The maximum absolute atomic E-state index is 5.61. The molecule has 6 nitrogen and oxygen atoms in total. The molecule has 21 heavy (non-hydrogen) atoms. The largest absolute Gasteiger partial charge is 0.366 e. The van der Waals surface area contributed by atoms with Gasteiger partial charge in [0.05, 0.1) is 0 Å². The molecule has 116 valence electrons. The Morgan fingerprint density at radius 3 is 2.67 bits per heavy atom. The van der Waals surface area contributed by atoms with Crippen molar-refractivity contribution in [2.45, 2.75) is 51.5 Å². The van der Waals surface area contributed by atoms with Gasteiger partial charge in [0.25, 0.3) is 0 Å². The van der Waals surface area contributed by atoms with Crippen molar-refractivity contribution in [1.82, 2.24) is 14.9 Å². The lowest BCUT2D eigenvalue weighted by molar-refractivity contribution is 0.226. The first-order chi connectivity index (χ1) is 10.2. The second-order valence-electron chi connectivity index (χ2n) is 6.20. The number of nitrogens with zero attached hydrogens (tertiary/aromatic N) is 3. The summed E-state index contributed by atoms with van der Waals surface area (Å²) in [5.41, 5.74) is 3.72. The predicted molar refractivity (Wildman–Crippen MR) is 85.3 cm³/mol. The Morgan fingerprint density at radius 2 is 2.00 bits per heavy atom. The van der Waals surface area contributed by atoms with Crippen LogP contribution in [0.1, 0.15) is 49.9 Å². The van der Waals surface area contributed by atoms with Crippen LogP contribution >= 0.6 is 0 Å². The molecule has 0 spiro atoms. The summed E-state index contributed by atoms with van der Waals surface area (Å²) in [6.07, 6.45) is 4.83. The van der Waals surface area contributed by atoms with Crippen LogP contribution in [0.5, 0.6) is 0 Å². The lowest BCUT2D eigenvalue weighted by atomic mass is 10.1. The van der Waals surface area contributed by atoms with Gasteiger partial charge < -0.3 is 15.6 Å². The molecule has 4 N–H and O–H groups in total. The van der Waals surface area contributed by atoms with E-state index in [4.69, 9.17) is 10.8 Å². The third-order valence-corrected chi connectivity index (χ3v) is 4.54. The van der Waals surface area contributed by atoms with E-state index in [9.17, 15) is 0 Å². The molecule has 0 bridgehead atoms. The Kier molecular flexibility index (Phi) is 4.26. The zero-order valence-electron chi connectivity index (χ0n) is 13.0. The number of likely N-dealkylation sites (tertiary alicyclic amines) is 1. The molecule has 2 aliphatic rings. The van der Waals surface area contributed by atoms with Gasteiger partial charge in [0.1, 0.15) is 17.5 Å². The minimum atomic E-state index is 0.463.